The Balaban J connectivity index is 2.11. The number of amides is 1. The molecule has 10 heteroatoms. The van der Waals surface area contributed by atoms with Crippen molar-refractivity contribution >= 4 is 13.5 Å². The first kappa shape index (κ1) is 16.9. The van der Waals surface area contributed by atoms with Gasteiger partial charge in [-0.05, 0) is 0 Å². The van der Waals surface area contributed by atoms with Crippen molar-refractivity contribution in [3.8, 4) is 5.75 Å². The third-order valence-electron chi connectivity index (χ3n) is 5.21. The number of carbonyl (C=O) groups excluding carboxylic acids is 1. The van der Waals surface area contributed by atoms with Crippen LogP contribution in [-0.2, 0) is 19.1 Å². The summed E-state index contributed by atoms with van der Waals surface area (Å²) in [7, 11) is -5.37. The summed E-state index contributed by atoms with van der Waals surface area (Å²) in [5, 5.41) is -0.990. The summed E-state index contributed by atoms with van der Waals surface area (Å²) in [5.41, 5.74) is -2.72. The molecule has 0 saturated carbocycles. The Morgan fingerprint density at radius 3 is 2.16 bits per heavy atom. The molecular formula is C15H17F3NO5P. The number of nitrogens with one attached hydrogen (secondary N) is 1. The Labute approximate surface area is 141 Å². The van der Waals surface area contributed by atoms with Crippen molar-refractivity contribution in [2.45, 2.75) is 50.4 Å². The molecule has 0 radical (unpaired) electrons. The number of para-hydroxylation sites is 1. The molecule has 1 amide bonds. The van der Waals surface area contributed by atoms with Crippen LogP contribution in [-0.4, -0.2) is 23.5 Å². The average Bonchev–Trinajstić information content (AvgIpc) is 2.85. The van der Waals surface area contributed by atoms with Gasteiger partial charge in [-0.15, -0.1) is 0 Å². The van der Waals surface area contributed by atoms with Crippen molar-refractivity contribution in [1.82, 2.24) is 5.09 Å². The Morgan fingerprint density at radius 1 is 1.04 bits per heavy atom. The van der Waals surface area contributed by atoms with E-state index in [1.807, 2.05) is 0 Å². The van der Waals surface area contributed by atoms with Crippen molar-refractivity contribution < 1.29 is 36.3 Å². The molecule has 138 valence electrons. The number of hydrogen-bond acceptors (Lipinski definition) is 5. The zero-order valence-corrected chi connectivity index (χ0v) is 14.8. The molecule has 0 aromatic heterocycles. The minimum atomic E-state index is -5.37. The summed E-state index contributed by atoms with van der Waals surface area (Å²) in [5.74, 6) is -0.0917. The van der Waals surface area contributed by atoms with Crippen molar-refractivity contribution in [2.75, 3.05) is 0 Å². The van der Waals surface area contributed by atoms with Crippen LogP contribution in [0.5, 0.6) is 5.75 Å². The fraction of sp³-hybridized carbons (Fsp3) is 0.533. The molecule has 0 aliphatic carbocycles. The molecule has 2 saturated heterocycles. The summed E-state index contributed by atoms with van der Waals surface area (Å²) in [6.07, 6.45) is -6.33. The fourth-order valence-corrected chi connectivity index (χ4v) is 8.58. The van der Waals surface area contributed by atoms with Crippen molar-refractivity contribution in [1.29, 1.82) is 0 Å². The number of halogens is 3. The van der Waals surface area contributed by atoms with Gasteiger partial charge in [-0.1, -0.05) is 0 Å². The van der Waals surface area contributed by atoms with Gasteiger partial charge in [0, 0.05) is 0 Å². The fourth-order valence-electron chi connectivity index (χ4n) is 3.53. The Hall–Kier alpha value is -1.57. The van der Waals surface area contributed by atoms with Crippen molar-refractivity contribution in [3.05, 3.63) is 29.8 Å². The van der Waals surface area contributed by atoms with Gasteiger partial charge in [-0.2, -0.15) is 0 Å². The van der Waals surface area contributed by atoms with E-state index < -0.39 is 36.2 Å². The molecule has 0 bridgehead atoms. The van der Waals surface area contributed by atoms with E-state index in [1.54, 1.807) is 27.7 Å². The normalized spacial score (nSPS) is 34.2. The van der Waals surface area contributed by atoms with Gasteiger partial charge in [0.2, 0.25) is 0 Å². The second-order valence-electron chi connectivity index (χ2n) is 7.32. The number of fused-ring (bicyclic) bond motifs is 2. The predicted octanol–water partition coefficient (Wildman–Crippen LogP) is 4.35. The number of hydrogen-bond donors (Lipinski definition) is 1. The summed E-state index contributed by atoms with van der Waals surface area (Å²) < 4.78 is 65.8. The summed E-state index contributed by atoms with van der Waals surface area (Å²) in [6.45, 7) is 6.33. The van der Waals surface area contributed by atoms with E-state index in [0.717, 1.165) is 0 Å². The topological polar surface area (TPSA) is 66.0 Å². The van der Waals surface area contributed by atoms with Crippen LogP contribution >= 0.6 is 7.43 Å². The summed E-state index contributed by atoms with van der Waals surface area (Å²) in [6, 6.07) is 5.50. The zero-order valence-electron chi connectivity index (χ0n) is 13.9. The number of carbonyl (C=O) groups is 1. The molecule has 3 aliphatic rings. The number of ether oxygens (including phenoxy) is 1. The first-order valence-corrected chi connectivity index (χ1v) is 9.60. The second-order valence-corrected chi connectivity index (χ2v) is 10.5. The van der Waals surface area contributed by atoms with Crippen molar-refractivity contribution in [2.24, 2.45) is 0 Å². The first-order chi connectivity index (χ1) is 11.3. The Morgan fingerprint density at radius 2 is 1.60 bits per heavy atom. The van der Waals surface area contributed by atoms with E-state index in [1.165, 1.54) is 24.3 Å². The number of alkyl halides is 3. The van der Waals surface area contributed by atoms with E-state index in [4.69, 9.17) is 18.3 Å². The molecule has 4 rings (SSSR count). The summed E-state index contributed by atoms with van der Waals surface area (Å²) in [4.78, 5) is 12.1. The minimum absolute atomic E-state index is 0.0917. The second kappa shape index (κ2) is 4.05. The zero-order chi connectivity index (χ0) is 18.5. The van der Waals surface area contributed by atoms with Gasteiger partial charge in [0.15, 0.2) is 0 Å². The average molecular weight is 379 g/mol. The first-order valence-electron chi connectivity index (χ1n) is 7.61. The van der Waals surface area contributed by atoms with E-state index >= 15 is 0 Å². The van der Waals surface area contributed by atoms with Crippen LogP contribution in [0.25, 0.3) is 0 Å². The van der Waals surface area contributed by atoms with Crippen molar-refractivity contribution in [3.63, 3.8) is 0 Å². The molecular weight excluding hydrogens is 362 g/mol. The maximum atomic E-state index is 14.4. The Bertz CT molecular complexity index is 793. The molecule has 0 unspecified atom stereocenters. The van der Waals surface area contributed by atoms with Gasteiger partial charge in [0.1, 0.15) is 0 Å². The van der Waals surface area contributed by atoms with Crippen LogP contribution < -0.4 is 9.61 Å². The van der Waals surface area contributed by atoms with E-state index in [2.05, 4.69) is 5.09 Å². The quantitative estimate of drug-likeness (QED) is 0.679. The molecule has 1 spiro atoms. The van der Waals surface area contributed by atoms with E-state index in [9.17, 15) is 18.0 Å². The molecule has 1 atom stereocenters. The standard InChI is InChI=1S/C15H17F3NO5P/c1-12(2)13(3,4)24-25(23-12)14(15(16,17)18,21-11(20)19-25)9-7-5-6-8-10(9)22-25/h5-8H,1-4H3,(H,19,20)/t14-/m0/s1. The number of benzene rings is 1. The van der Waals surface area contributed by atoms with Gasteiger partial charge >= 0.3 is 141 Å². The summed E-state index contributed by atoms with van der Waals surface area (Å²) >= 11 is 0. The van der Waals surface area contributed by atoms with Gasteiger partial charge in [-0.25, -0.2) is 0 Å². The van der Waals surface area contributed by atoms with Gasteiger partial charge in [-0.3, -0.25) is 0 Å². The molecule has 25 heavy (non-hydrogen) atoms. The molecule has 2 fully saturated rings. The van der Waals surface area contributed by atoms with E-state index in [0.29, 0.717) is 0 Å². The predicted molar refractivity (Wildman–Crippen MR) is 81.7 cm³/mol. The van der Waals surface area contributed by atoms with Crippen LogP contribution in [0.4, 0.5) is 18.0 Å². The molecule has 3 aliphatic heterocycles. The monoisotopic (exact) mass is 379 g/mol. The van der Waals surface area contributed by atoms with Gasteiger partial charge < -0.3 is 0 Å². The van der Waals surface area contributed by atoms with Crippen LogP contribution in [0.1, 0.15) is 33.3 Å². The molecule has 3 heterocycles. The molecule has 1 N–H and O–H groups in total. The van der Waals surface area contributed by atoms with Crippen LogP contribution in [0.3, 0.4) is 0 Å². The van der Waals surface area contributed by atoms with Crippen LogP contribution in [0.2, 0.25) is 0 Å². The molecule has 6 nitrogen and oxygen atoms in total. The van der Waals surface area contributed by atoms with E-state index in [-0.39, 0.29) is 11.3 Å². The third-order valence-corrected chi connectivity index (χ3v) is 9.55. The van der Waals surface area contributed by atoms with Gasteiger partial charge in [0.05, 0.1) is 0 Å². The van der Waals surface area contributed by atoms with Crippen LogP contribution in [0, 0.1) is 0 Å². The van der Waals surface area contributed by atoms with Crippen LogP contribution in [0.15, 0.2) is 24.3 Å². The third kappa shape index (κ3) is 1.60. The number of rotatable bonds is 0. The SMILES string of the molecule is CC1(C)OP23(NC(=O)O[C@@]2(C(F)(F)F)c2ccccc2O3)OC1(C)C. The Kier molecular flexibility index (Phi) is 2.73. The molecule has 1 aromatic carbocycles. The maximum absolute atomic E-state index is 14.4. The molecule has 1 aromatic rings. The van der Waals surface area contributed by atoms with Gasteiger partial charge in [0.25, 0.3) is 0 Å².